The summed E-state index contributed by atoms with van der Waals surface area (Å²) in [5.74, 6) is 0.805. The van der Waals surface area contributed by atoms with E-state index < -0.39 is 6.35 Å². The molecule has 3 rings (SSSR count). The zero-order valence-corrected chi connectivity index (χ0v) is 17.6. The second-order valence-corrected chi connectivity index (χ2v) is 8.10. The van der Waals surface area contributed by atoms with Gasteiger partial charge in [0.15, 0.2) is 5.75 Å². The third kappa shape index (κ3) is 5.22. The molecule has 11 heteroatoms. The summed E-state index contributed by atoms with van der Waals surface area (Å²) >= 11 is 1.67. The second kappa shape index (κ2) is 10.3. The van der Waals surface area contributed by atoms with Gasteiger partial charge in [0.05, 0.1) is 11.9 Å². The molecular weight excluding hydrogens is 413 g/mol. The molecule has 164 valence electrons. The van der Waals surface area contributed by atoms with Gasteiger partial charge in [-0.25, -0.2) is 0 Å². The van der Waals surface area contributed by atoms with Crippen LogP contribution in [0.5, 0.6) is 11.5 Å². The second-order valence-electron chi connectivity index (χ2n) is 6.65. The van der Waals surface area contributed by atoms with Gasteiger partial charge in [0, 0.05) is 30.9 Å². The number of rotatable bonds is 10. The predicted octanol–water partition coefficient (Wildman–Crippen LogP) is 0.928. The number of carbonyl (C=O) groups is 1. The van der Waals surface area contributed by atoms with Crippen LogP contribution in [0.3, 0.4) is 0 Å². The third-order valence-corrected chi connectivity index (χ3v) is 5.54. The minimum absolute atomic E-state index is 0.00190. The molecule has 2 atom stereocenters. The van der Waals surface area contributed by atoms with E-state index in [-0.39, 0.29) is 23.6 Å². The molecule has 2 unspecified atom stereocenters. The molecule has 0 saturated carbocycles. The Morgan fingerprint density at radius 1 is 1.33 bits per heavy atom. The molecule has 30 heavy (non-hydrogen) atoms. The van der Waals surface area contributed by atoms with Crippen molar-refractivity contribution < 1.29 is 24.1 Å². The van der Waals surface area contributed by atoms with E-state index in [0.717, 1.165) is 4.91 Å². The summed E-state index contributed by atoms with van der Waals surface area (Å²) < 4.78 is 18.3. The molecule has 0 saturated heterocycles. The summed E-state index contributed by atoms with van der Waals surface area (Å²) in [6.45, 7) is 2.85. The number of hydrogen-bond acceptors (Lipinski definition) is 9. The first-order chi connectivity index (χ1) is 14.5. The average molecular weight is 440 g/mol. The Kier molecular flexibility index (Phi) is 7.52. The van der Waals surface area contributed by atoms with Crippen LogP contribution in [0.25, 0.3) is 0 Å². The number of benzene rings is 1. The first-order valence-electron chi connectivity index (χ1n) is 9.54. The van der Waals surface area contributed by atoms with E-state index in [1.807, 2.05) is 18.0 Å². The Hall–Kier alpha value is -2.79. The van der Waals surface area contributed by atoms with Gasteiger partial charge in [-0.1, -0.05) is 0 Å². The Morgan fingerprint density at radius 3 is 2.67 bits per heavy atom. The lowest BCUT2D eigenvalue weighted by Crippen LogP contribution is -2.48. The lowest BCUT2D eigenvalue weighted by molar-refractivity contribution is -0.120. The SMILES string of the molecule is CNC1=C(C(=O)NCCCO)N(CC2NC=C(C)S2)C(Oc2ccc(OF)cc2)N1. The van der Waals surface area contributed by atoms with Crippen molar-refractivity contribution in [1.29, 1.82) is 0 Å². The maximum atomic E-state index is 12.9. The number of halogens is 1. The fourth-order valence-corrected chi connectivity index (χ4v) is 4.04. The number of hydrogen-bond donors (Lipinski definition) is 5. The van der Waals surface area contributed by atoms with E-state index in [2.05, 4.69) is 26.2 Å². The van der Waals surface area contributed by atoms with E-state index in [1.165, 1.54) is 12.1 Å². The third-order valence-electron chi connectivity index (χ3n) is 4.48. The monoisotopic (exact) mass is 439 g/mol. The van der Waals surface area contributed by atoms with Crippen molar-refractivity contribution in [2.45, 2.75) is 25.1 Å². The Balaban J connectivity index is 1.79. The Bertz CT molecular complexity index is 805. The van der Waals surface area contributed by atoms with E-state index in [1.54, 1.807) is 30.9 Å². The molecule has 1 aromatic carbocycles. The van der Waals surface area contributed by atoms with Crippen LogP contribution < -0.4 is 30.9 Å². The van der Waals surface area contributed by atoms with Crippen molar-refractivity contribution in [2.75, 3.05) is 26.7 Å². The molecular formula is C19H26FN5O4S. The van der Waals surface area contributed by atoms with Crippen LogP contribution in [0.4, 0.5) is 4.53 Å². The molecule has 2 aliphatic rings. The van der Waals surface area contributed by atoms with Gasteiger partial charge < -0.3 is 36.0 Å². The van der Waals surface area contributed by atoms with Crippen molar-refractivity contribution in [3.63, 3.8) is 0 Å². The molecule has 2 aliphatic heterocycles. The van der Waals surface area contributed by atoms with E-state index in [4.69, 9.17) is 9.84 Å². The topological polar surface area (TPSA) is 107 Å². The zero-order valence-electron chi connectivity index (χ0n) is 16.8. The van der Waals surface area contributed by atoms with Crippen molar-refractivity contribution in [3.8, 4) is 11.5 Å². The van der Waals surface area contributed by atoms with Crippen LogP contribution in [-0.2, 0) is 4.79 Å². The average Bonchev–Trinajstić information content (AvgIpc) is 3.32. The maximum absolute atomic E-state index is 12.9. The first-order valence-corrected chi connectivity index (χ1v) is 10.4. The van der Waals surface area contributed by atoms with Crippen LogP contribution in [-0.4, -0.2) is 54.4 Å². The number of aliphatic hydroxyl groups is 1. The van der Waals surface area contributed by atoms with Gasteiger partial charge in [-0.2, -0.15) is 0 Å². The summed E-state index contributed by atoms with van der Waals surface area (Å²) in [5, 5.41) is 21.3. The minimum Gasteiger partial charge on any atom is -0.452 e. The first kappa shape index (κ1) is 21.9. The lowest BCUT2D eigenvalue weighted by atomic mass is 10.3. The normalized spacial score (nSPS) is 20.4. The van der Waals surface area contributed by atoms with Crippen molar-refractivity contribution in [1.82, 2.24) is 26.2 Å². The van der Waals surface area contributed by atoms with Gasteiger partial charge in [-0.3, -0.25) is 9.74 Å². The maximum Gasteiger partial charge on any atom is 0.271 e. The minimum atomic E-state index is -0.661. The molecule has 0 bridgehead atoms. The van der Waals surface area contributed by atoms with Gasteiger partial charge in [0.2, 0.25) is 0 Å². The van der Waals surface area contributed by atoms with E-state index >= 15 is 0 Å². The van der Waals surface area contributed by atoms with Gasteiger partial charge in [-0.15, -0.1) is 11.8 Å². The van der Waals surface area contributed by atoms with E-state index in [0.29, 0.717) is 36.8 Å². The molecule has 2 heterocycles. The molecule has 9 nitrogen and oxygen atoms in total. The highest BCUT2D eigenvalue weighted by molar-refractivity contribution is 8.03. The Labute approximate surface area is 178 Å². The number of nitrogens with one attached hydrogen (secondary N) is 4. The molecule has 1 aromatic rings. The van der Waals surface area contributed by atoms with E-state index in [9.17, 15) is 9.32 Å². The summed E-state index contributed by atoms with van der Waals surface area (Å²) in [5.41, 5.74) is 0.413. The van der Waals surface area contributed by atoms with Crippen molar-refractivity contribution >= 4 is 17.7 Å². The molecule has 0 spiro atoms. The fourth-order valence-electron chi connectivity index (χ4n) is 3.08. The molecule has 0 aromatic heterocycles. The number of thioether (sulfide) groups is 1. The van der Waals surface area contributed by atoms with Gasteiger partial charge in [-0.05, 0) is 42.5 Å². The number of amides is 1. The van der Waals surface area contributed by atoms with Crippen LogP contribution in [0.2, 0.25) is 0 Å². The van der Waals surface area contributed by atoms with Gasteiger partial charge in [0.1, 0.15) is 17.3 Å². The summed E-state index contributed by atoms with van der Waals surface area (Å²) in [6, 6.07) is 6.07. The largest absolute Gasteiger partial charge is 0.452 e. The number of ether oxygens (including phenoxy) is 1. The number of aliphatic hydroxyl groups excluding tert-OH is 1. The summed E-state index contributed by atoms with van der Waals surface area (Å²) in [7, 11) is 1.71. The lowest BCUT2D eigenvalue weighted by Gasteiger charge is -2.30. The molecule has 5 N–H and O–H groups in total. The zero-order chi connectivity index (χ0) is 21.5. The number of carbonyl (C=O) groups excluding carboxylic acids is 1. The fraction of sp³-hybridized carbons (Fsp3) is 0.421. The van der Waals surface area contributed by atoms with Crippen molar-refractivity contribution in [3.05, 3.63) is 46.9 Å². The molecule has 0 fully saturated rings. The standard InChI is InChI=1S/C19H26FN5O4S/c1-12-10-23-15(30-12)11-25-16(18(27)22-8-3-9-26)17(21-2)24-19(25)28-13-4-6-14(29-20)7-5-13/h4-7,10,15,19,21,23-24,26H,3,8-9,11H2,1-2H3,(H,22,27). The van der Waals surface area contributed by atoms with Crippen LogP contribution >= 0.6 is 11.8 Å². The van der Waals surface area contributed by atoms with Gasteiger partial charge in [0.25, 0.3) is 12.3 Å². The van der Waals surface area contributed by atoms with Gasteiger partial charge >= 0.3 is 0 Å². The van der Waals surface area contributed by atoms with Crippen LogP contribution in [0, 0.1) is 0 Å². The number of allylic oxidation sites excluding steroid dienone is 1. The molecule has 0 aliphatic carbocycles. The van der Waals surface area contributed by atoms with Crippen molar-refractivity contribution in [2.24, 2.45) is 0 Å². The highest BCUT2D eigenvalue weighted by atomic mass is 32.2. The highest BCUT2D eigenvalue weighted by Crippen LogP contribution is 2.30. The smallest absolute Gasteiger partial charge is 0.271 e. The quantitative estimate of drug-likeness (QED) is 0.340. The Morgan fingerprint density at radius 2 is 2.07 bits per heavy atom. The predicted molar refractivity (Wildman–Crippen MR) is 112 cm³/mol. The summed E-state index contributed by atoms with van der Waals surface area (Å²) in [4.78, 5) is 19.6. The van der Waals surface area contributed by atoms with Crippen LogP contribution in [0.1, 0.15) is 13.3 Å². The highest BCUT2D eigenvalue weighted by Gasteiger charge is 2.38. The number of nitrogens with zero attached hydrogens (tertiary/aromatic N) is 1. The summed E-state index contributed by atoms with van der Waals surface area (Å²) in [6.07, 6.45) is 1.74. The molecule has 1 amide bonds. The molecule has 0 radical (unpaired) electrons. The van der Waals surface area contributed by atoms with Crippen LogP contribution in [0.15, 0.2) is 46.9 Å².